The van der Waals surface area contributed by atoms with Crippen molar-refractivity contribution in [3.05, 3.63) is 203 Å². The van der Waals surface area contributed by atoms with Gasteiger partial charge in [0.15, 0.2) is 0 Å². The summed E-state index contributed by atoms with van der Waals surface area (Å²) < 4.78 is 0. The van der Waals surface area contributed by atoms with Crippen molar-refractivity contribution in [2.75, 3.05) is 9.80 Å². The second-order valence-corrected chi connectivity index (χ2v) is 14.9. The van der Waals surface area contributed by atoms with Crippen LogP contribution in [-0.2, 0) is 5.41 Å². The van der Waals surface area contributed by atoms with Crippen LogP contribution in [-0.4, -0.2) is 19.9 Å². The van der Waals surface area contributed by atoms with E-state index in [9.17, 15) is 0 Å². The third kappa shape index (κ3) is 5.16. The molecule has 3 aliphatic carbocycles. The molecule has 5 aromatic carbocycles. The highest BCUT2D eigenvalue weighted by molar-refractivity contribution is 5.89. The van der Waals surface area contributed by atoms with Crippen LogP contribution in [0, 0.1) is 33.6 Å². The van der Waals surface area contributed by atoms with Crippen LogP contribution in [0.3, 0.4) is 0 Å². The summed E-state index contributed by atoms with van der Waals surface area (Å²) in [7, 11) is 0. The summed E-state index contributed by atoms with van der Waals surface area (Å²) in [5.41, 5.74) is 15.1. The number of nitrogens with zero attached hydrogens (tertiary/aromatic N) is 6. The Bertz CT molecular complexity index is 2640. The van der Waals surface area contributed by atoms with E-state index in [1.54, 1.807) is 0 Å². The maximum Gasteiger partial charge on any atom is 0.235 e. The zero-order valence-corrected chi connectivity index (χ0v) is 31.3. The van der Waals surface area contributed by atoms with Crippen LogP contribution in [0.5, 0.6) is 0 Å². The van der Waals surface area contributed by atoms with Gasteiger partial charge in [0.1, 0.15) is 0 Å². The van der Waals surface area contributed by atoms with Crippen molar-refractivity contribution >= 4 is 34.6 Å². The predicted molar refractivity (Wildman–Crippen MR) is 222 cm³/mol. The van der Waals surface area contributed by atoms with Crippen LogP contribution in [0.15, 0.2) is 158 Å². The highest BCUT2D eigenvalue weighted by Crippen LogP contribution is 2.66. The maximum atomic E-state index is 4.99. The number of aryl methyl sites for hydroxylation is 4. The van der Waals surface area contributed by atoms with Gasteiger partial charge in [0.25, 0.3) is 0 Å². The second kappa shape index (κ2) is 12.7. The van der Waals surface area contributed by atoms with Gasteiger partial charge in [-0.2, -0.15) is 0 Å². The molecule has 0 N–H and O–H groups in total. The predicted octanol–water partition coefficient (Wildman–Crippen LogP) is 11.6. The summed E-state index contributed by atoms with van der Waals surface area (Å²) in [4.78, 5) is 24.4. The Morgan fingerprint density at radius 1 is 0.436 bits per heavy atom. The van der Waals surface area contributed by atoms with Crippen LogP contribution >= 0.6 is 0 Å². The number of fused-ring (bicyclic) bond motifs is 10. The summed E-state index contributed by atoms with van der Waals surface area (Å²) in [6.45, 7) is 8.14. The monoisotopic (exact) mass is 712 g/mol. The third-order valence-electron chi connectivity index (χ3n) is 11.4. The van der Waals surface area contributed by atoms with E-state index in [-0.39, 0.29) is 11.8 Å². The lowest BCUT2D eigenvalue weighted by Crippen LogP contribution is -2.33. The van der Waals surface area contributed by atoms with Crippen molar-refractivity contribution in [1.82, 2.24) is 19.9 Å². The fraction of sp³-hybridized carbons (Fsp3) is 0.143. The van der Waals surface area contributed by atoms with Crippen LogP contribution in [0.2, 0.25) is 0 Å². The van der Waals surface area contributed by atoms with Crippen molar-refractivity contribution < 1.29 is 0 Å². The van der Waals surface area contributed by atoms with Gasteiger partial charge in [0, 0.05) is 57.4 Å². The zero-order valence-electron chi connectivity index (χ0n) is 31.3. The first-order valence-electron chi connectivity index (χ1n) is 19.0. The van der Waals surface area contributed by atoms with Crippen LogP contribution in [0.25, 0.3) is 11.1 Å². The molecule has 6 nitrogen and oxygen atoms in total. The Morgan fingerprint density at radius 2 is 0.927 bits per heavy atom. The minimum Gasteiger partial charge on any atom is -0.279 e. The van der Waals surface area contributed by atoms with E-state index in [0.29, 0.717) is 11.9 Å². The van der Waals surface area contributed by atoms with Gasteiger partial charge < -0.3 is 0 Å². The molecule has 2 aromatic heterocycles. The molecule has 55 heavy (non-hydrogen) atoms. The summed E-state index contributed by atoms with van der Waals surface area (Å²) in [5.74, 6) is 1.68. The lowest BCUT2D eigenvalue weighted by Gasteiger charge is -2.37. The first kappa shape index (κ1) is 32.9. The van der Waals surface area contributed by atoms with Gasteiger partial charge in [0.05, 0.1) is 5.41 Å². The number of aromatic nitrogens is 4. The molecule has 7 aromatic rings. The molecule has 3 aliphatic rings. The van der Waals surface area contributed by atoms with E-state index in [0.717, 1.165) is 45.5 Å². The van der Waals surface area contributed by atoms with Gasteiger partial charge in [-0.05, 0) is 122 Å². The number of para-hydroxylation sites is 2. The Morgan fingerprint density at radius 3 is 1.53 bits per heavy atom. The minimum absolute atomic E-state index is 0.158. The molecule has 0 saturated carbocycles. The van der Waals surface area contributed by atoms with Gasteiger partial charge in [0.2, 0.25) is 11.9 Å². The van der Waals surface area contributed by atoms with E-state index >= 15 is 0 Å². The quantitative estimate of drug-likeness (QED) is 0.171. The van der Waals surface area contributed by atoms with Gasteiger partial charge in [-0.15, -0.1) is 0 Å². The third-order valence-corrected chi connectivity index (χ3v) is 11.4. The summed E-state index contributed by atoms with van der Waals surface area (Å²) in [6.07, 6.45) is 9.28. The fourth-order valence-corrected chi connectivity index (χ4v) is 9.43. The lowest BCUT2D eigenvalue weighted by molar-refractivity contribution is 0.465. The Hall–Kier alpha value is -6.66. The minimum atomic E-state index is -0.476. The van der Waals surface area contributed by atoms with Gasteiger partial charge in [-0.25, -0.2) is 19.9 Å². The lowest BCUT2D eigenvalue weighted by atomic mass is 9.65. The van der Waals surface area contributed by atoms with Crippen LogP contribution in [0.4, 0.5) is 34.6 Å². The number of hydrogen-bond donors (Lipinski definition) is 0. The maximum absolute atomic E-state index is 4.99. The summed E-state index contributed by atoms with van der Waals surface area (Å²) in [5, 5.41) is 0. The first-order valence-corrected chi connectivity index (χ1v) is 19.0. The Balaban J connectivity index is 1.25. The normalized spacial score (nSPS) is 18.5. The smallest absolute Gasteiger partial charge is 0.235 e. The molecule has 0 saturated heterocycles. The highest BCUT2D eigenvalue weighted by Gasteiger charge is 2.57. The molecule has 0 radical (unpaired) electrons. The molecule has 2 heterocycles. The molecule has 266 valence electrons. The standard InChI is InChI=1S/C49H40N6/c1-31-27-32(2)51-47(50-31)54(35-15-7-5-8-16-35)37-23-25-41-39-19-11-13-21-43(39)49(45(41)29-37)44-22-14-12-20-40(44)42-26-24-38(30-46(42)49)55(36-17-9-6-10-18-36)48-52-33(3)28-34(4)53-48/h5-30,39,43H,1-4H3. The topological polar surface area (TPSA) is 58.0 Å². The molecular formula is C49H40N6. The SMILES string of the molecule is Cc1cc(C)nc(N(c2ccccc2)c2ccc3c(c2)C2(c4ccccc4-3)c3cc(N(c4ccccc4)c4nc(C)cc(C)n4)ccc3C3C=CC=CC32)n1. The second-order valence-electron chi connectivity index (χ2n) is 14.9. The van der Waals surface area contributed by atoms with Crippen molar-refractivity contribution in [3.8, 4) is 11.1 Å². The summed E-state index contributed by atoms with van der Waals surface area (Å²) >= 11 is 0. The Labute approximate surface area is 322 Å². The van der Waals surface area contributed by atoms with E-state index in [1.807, 2.05) is 39.8 Å². The van der Waals surface area contributed by atoms with Crippen molar-refractivity contribution in [2.45, 2.75) is 39.0 Å². The van der Waals surface area contributed by atoms with E-state index in [2.05, 4.69) is 155 Å². The van der Waals surface area contributed by atoms with Crippen molar-refractivity contribution in [3.63, 3.8) is 0 Å². The first-order chi connectivity index (χ1) is 26.9. The van der Waals surface area contributed by atoms with Crippen molar-refractivity contribution in [2.24, 2.45) is 5.92 Å². The van der Waals surface area contributed by atoms with Gasteiger partial charge >= 0.3 is 0 Å². The average Bonchev–Trinajstić information content (AvgIpc) is 3.65. The van der Waals surface area contributed by atoms with Crippen LogP contribution < -0.4 is 9.80 Å². The molecule has 3 atom stereocenters. The van der Waals surface area contributed by atoms with Crippen molar-refractivity contribution in [1.29, 1.82) is 0 Å². The largest absolute Gasteiger partial charge is 0.279 e. The molecule has 0 bridgehead atoms. The average molecular weight is 713 g/mol. The molecule has 0 amide bonds. The number of anilines is 6. The number of allylic oxidation sites excluding steroid dienone is 4. The molecule has 0 fully saturated rings. The molecule has 6 heteroatoms. The number of rotatable bonds is 6. The van der Waals surface area contributed by atoms with Crippen LogP contribution in [0.1, 0.15) is 50.9 Å². The van der Waals surface area contributed by atoms with E-state index in [1.165, 1.54) is 33.4 Å². The highest BCUT2D eigenvalue weighted by atomic mass is 15.3. The molecule has 1 spiro atoms. The Kier molecular flexibility index (Phi) is 7.63. The summed E-state index contributed by atoms with van der Waals surface area (Å²) in [6, 6.07) is 48.0. The number of benzene rings is 5. The van der Waals surface area contributed by atoms with Gasteiger partial charge in [-0.3, -0.25) is 9.80 Å². The van der Waals surface area contributed by atoms with E-state index in [4.69, 9.17) is 19.9 Å². The fourth-order valence-electron chi connectivity index (χ4n) is 9.43. The van der Waals surface area contributed by atoms with E-state index < -0.39 is 5.41 Å². The zero-order chi connectivity index (χ0) is 37.3. The molecule has 3 unspecified atom stereocenters. The molecule has 10 rings (SSSR count). The number of hydrogen-bond acceptors (Lipinski definition) is 6. The molecule has 0 aliphatic heterocycles. The van der Waals surface area contributed by atoms with Gasteiger partial charge in [-0.1, -0.05) is 97.1 Å². The molecular weight excluding hydrogens is 673 g/mol.